The van der Waals surface area contributed by atoms with E-state index >= 15 is 0 Å². The summed E-state index contributed by atoms with van der Waals surface area (Å²) in [6, 6.07) is 12.4. The van der Waals surface area contributed by atoms with E-state index < -0.39 is 0 Å². The van der Waals surface area contributed by atoms with Crippen LogP contribution in [0.5, 0.6) is 5.88 Å². The highest BCUT2D eigenvalue weighted by atomic mass is 16.5. The number of ether oxygens (including phenoxy) is 1. The van der Waals surface area contributed by atoms with Gasteiger partial charge in [0.2, 0.25) is 5.88 Å². The number of rotatable bonds is 6. The first-order valence-corrected chi connectivity index (χ1v) is 6.64. The number of para-hydroxylation sites is 1. The molecule has 1 aromatic heterocycles. The molecule has 2 aromatic rings. The maximum absolute atomic E-state index is 5.26. The number of aryl methyl sites for hydroxylation is 1. The highest BCUT2D eigenvalue weighted by Crippen LogP contribution is 2.20. The molecule has 0 spiro atoms. The van der Waals surface area contributed by atoms with E-state index in [-0.39, 0.29) is 0 Å². The fourth-order valence-corrected chi connectivity index (χ4v) is 2.11. The lowest BCUT2D eigenvalue weighted by atomic mass is 10.1. The molecule has 1 heterocycles. The largest absolute Gasteiger partial charge is 0.481 e. The maximum atomic E-state index is 5.26. The van der Waals surface area contributed by atoms with E-state index in [1.807, 2.05) is 12.1 Å². The topological polar surface area (TPSA) is 34.2 Å². The number of hydrogen-bond donors (Lipinski definition) is 1. The van der Waals surface area contributed by atoms with Crippen molar-refractivity contribution in [1.29, 1.82) is 0 Å². The third-order valence-electron chi connectivity index (χ3n) is 3.05. The van der Waals surface area contributed by atoms with Crippen LogP contribution in [-0.4, -0.2) is 12.1 Å². The van der Waals surface area contributed by atoms with Gasteiger partial charge in [0, 0.05) is 24.0 Å². The molecule has 0 aliphatic carbocycles. The van der Waals surface area contributed by atoms with Crippen molar-refractivity contribution >= 4 is 5.69 Å². The molecule has 3 heteroatoms. The highest BCUT2D eigenvalue weighted by molar-refractivity contribution is 5.51. The van der Waals surface area contributed by atoms with Crippen LogP contribution >= 0.6 is 0 Å². The van der Waals surface area contributed by atoms with Crippen molar-refractivity contribution in [2.24, 2.45) is 0 Å². The van der Waals surface area contributed by atoms with Crippen LogP contribution in [0.3, 0.4) is 0 Å². The van der Waals surface area contributed by atoms with Gasteiger partial charge in [-0.1, -0.05) is 37.6 Å². The summed E-state index contributed by atoms with van der Waals surface area (Å²) in [6.45, 7) is 2.92. The Kier molecular flexibility index (Phi) is 4.78. The number of nitrogens with zero attached hydrogens (tertiary/aromatic N) is 1. The average molecular weight is 256 g/mol. The minimum absolute atomic E-state index is 0.683. The van der Waals surface area contributed by atoms with Crippen LogP contribution < -0.4 is 10.1 Å². The number of methoxy groups -OCH3 is 1. The molecule has 0 unspecified atom stereocenters. The van der Waals surface area contributed by atoms with Gasteiger partial charge in [-0.25, -0.2) is 4.98 Å². The van der Waals surface area contributed by atoms with Crippen LogP contribution in [0, 0.1) is 0 Å². The van der Waals surface area contributed by atoms with Gasteiger partial charge in [-0.15, -0.1) is 0 Å². The zero-order valence-corrected chi connectivity index (χ0v) is 11.5. The zero-order valence-electron chi connectivity index (χ0n) is 11.5. The van der Waals surface area contributed by atoms with E-state index in [1.54, 1.807) is 13.3 Å². The molecule has 0 amide bonds. The maximum Gasteiger partial charge on any atom is 0.218 e. The second-order valence-electron chi connectivity index (χ2n) is 4.43. The first kappa shape index (κ1) is 13.4. The van der Waals surface area contributed by atoms with Crippen molar-refractivity contribution < 1.29 is 4.74 Å². The molecule has 2 rings (SSSR count). The van der Waals surface area contributed by atoms with Crippen molar-refractivity contribution in [2.75, 3.05) is 12.4 Å². The summed E-state index contributed by atoms with van der Waals surface area (Å²) in [5.74, 6) is 0.683. The van der Waals surface area contributed by atoms with E-state index in [4.69, 9.17) is 4.74 Å². The van der Waals surface area contributed by atoms with Gasteiger partial charge in [0.1, 0.15) is 0 Å². The summed E-state index contributed by atoms with van der Waals surface area (Å²) < 4.78 is 5.26. The third-order valence-corrected chi connectivity index (χ3v) is 3.05. The Morgan fingerprint density at radius 2 is 1.89 bits per heavy atom. The third kappa shape index (κ3) is 3.47. The molecule has 3 nitrogen and oxygen atoms in total. The molecule has 0 saturated heterocycles. The molecule has 0 atom stereocenters. The van der Waals surface area contributed by atoms with Gasteiger partial charge in [-0.05, 0) is 24.1 Å². The fraction of sp³-hybridized carbons (Fsp3) is 0.312. The van der Waals surface area contributed by atoms with Crippen molar-refractivity contribution in [3.63, 3.8) is 0 Å². The first-order valence-electron chi connectivity index (χ1n) is 6.64. The van der Waals surface area contributed by atoms with Gasteiger partial charge in [0.15, 0.2) is 0 Å². The second kappa shape index (κ2) is 6.78. The van der Waals surface area contributed by atoms with Crippen LogP contribution in [0.2, 0.25) is 0 Å². The Bertz CT molecular complexity index is 526. The molecule has 0 bridgehead atoms. The Morgan fingerprint density at radius 3 is 2.68 bits per heavy atom. The van der Waals surface area contributed by atoms with Gasteiger partial charge in [0.05, 0.1) is 7.11 Å². The lowest BCUT2D eigenvalue weighted by molar-refractivity contribution is 0.393. The summed E-state index contributed by atoms with van der Waals surface area (Å²) in [5, 5.41) is 3.47. The smallest absolute Gasteiger partial charge is 0.218 e. The minimum atomic E-state index is 0.683. The van der Waals surface area contributed by atoms with Crippen molar-refractivity contribution in [3.8, 4) is 5.88 Å². The molecular weight excluding hydrogens is 236 g/mol. The average Bonchev–Trinajstić information content (AvgIpc) is 2.47. The molecule has 19 heavy (non-hydrogen) atoms. The molecular formula is C16H20N2O. The van der Waals surface area contributed by atoms with Gasteiger partial charge >= 0.3 is 0 Å². The number of pyridine rings is 1. The quantitative estimate of drug-likeness (QED) is 0.856. The highest BCUT2D eigenvalue weighted by Gasteiger charge is 2.04. The van der Waals surface area contributed by atoms with Crippen LogP contribution in [0.15, 0.2) is 42.6 Å². The molecule has 100 valence electrons. The van der Waals surface area contributed by atoms with E-state index in [0.717, 1.165) is 24.9 Å². The summed E-state index contributed by atoms with van der Waals surface area (Å²) in [4.78, 5) is 4.21. The molecule has 1 N–H and O–H groups in total. The first-order chi connectivity index (χ1) is 9.35. The van der Waals surface area contributed by atoms with Crippen molar-refractivity contribution in [2.45, 2.75) is 26.3 Å². The van der Waals surface area contributed by atoms with Crippen LogP contribution in [0.25, 0.3) is 0 Å². The monoisotopic (exact) mass is 256 g/mol. The number of aromatic nitrogens is 1. The number of anilines is 1. The molecule has 0 aliphatic rings. The number of nitrogens with one attached hydrogen (secondary N) is 1. The fourth-order valence-electron chi connectivity index (χ4n) is 2.11. The van der Waals surface area contributed by atoms with E-state index in [9.17, 15) is 0 Å². The van der Waals surface area contributed by atoms with Crippen LogP contribution in [-0.2, 0) is 13.0 Å². The van der Waals surface area contributed by atoms with Gasteiger partial charge in [-0.2, -0.15) is 0 Å². The SMILES string of the molecule is CCCc1ccccc1NCc1cccnc1OC. The Balaban J connectivity index is 2.10. The lowest BCUT2D eigenvalue weighted by Crippen LogP contribution is -2.04. The Morgan fingerprint density at radius 1 is 1.11 bits per heavy atom. The van der Waals surface area contributed by atoms with Gasteiger partial charge in [-0.3, -0.25) is 0 Å². The van der Waals surface area contributed by atoms with Crippen molar-refractivity contribution in [1.82, 2.24) is 4.98 Å². The second-order valence-corrected chi connectivity index (χ2v) is 4.43. The molecule has 1 aromatic carbocycles. The number of benzene rings is 1. The van der Waals surface area contributed by atoms with E-state index in [0.29, 0.717) is 5.88 Å². The molecule has 0 saturated carbocycles. The molecule has 0 aliphatic heterocycles. The van der Waals surface area contributed by atoms with Gasteiger partial charge < -0.3 is 10.1 Å². The standard InChI is InChI=1S/C16H20N2O/c1-3-7-13-8-4-5-10-15(13)18-12-14-9-6-11-17-16(14)19-2/h4-6,8-11,18H,3,7,12H2,1-2H3. The molecule has 0 fully saturated rings. The predicted molar refractivity (Wildman–Crippen MR) is 78.6 cm³/mol. The van der Waals surface area contributed by atoms with E-state index in [1.165, 1.54) is 11.3 Å². The zero-order chi connectivity index (χ0) is 13.5. The summed E-state index contributed by atoms with van der Waals surface area (Å²) in [7, 11) is 1.65. The van der Waals surface area contributed by atoms with Gasteiger partial charge in [0.25, 0.3) is 0 Å². The van der Waals surface area contributed by atoms with E-state index in [2.05, 4.69) is 41.5 Å². The summed E-state index contributed by atoms with van der Waals surface area (Å²) >= 11 is 0. The number of hydrogen-bond acceptors (Lipinski definition) is 3. The lowest BCUT2D eigenvalue weighted by Gasteiger charge is -2.12. The Hall–Kier alpha value is -2.03. The predicted octanol–water partition coefficient (Wildman–Crippen LogP) is 3.65. The summed E-state index contributed by atoms with van der Waals surface area (Å²) in [6.07, 6.45) is 3.98. The van der Waals surface area contributed by atoms with Crippen LogP contribution in [0.1, 0.15) is 24.5 Å². The Labute approximate surface area is 114 Å². The minimum Gasteiger partial charge on any atom is -0.481 e. The van der Waals surface area contributed by atoms with Crippen molar-refractivity contribution in [3.05, 3.63) is 53.7 Å². The normalized spacial score (nSPS) is 10.2. The summed E-state index contributed by atoms with van der Waals surface area (Å²) in [5.41, 5.74) is 3.61. The van der Waals surface area contributed by atoms with Crippen LogP contribution in [0.4, 0.5) is 5.69 Å². The molecule has 0 radical (unpaired) electrons.